The molecular weight excluding hydrogens is 267 g/mol. The summed E-state index contributed by atoms with van der Waals surface area (Å²) in [5.41, 5.74) is 0.919. The molecule has 0 aliphatic rings. The number of benzene rings is 2. The number of hydrogen-bond donors (Lipinski definition) is 0. The van der Waals surface area contributed by atoms with Crippen LogP contribution in [0.3, 0.4) is 0 Å². The Balaban J connectivity index is 1.90. The summed E-state index contributed by atoms with van der Waals surface area (Å²) in [6, 6.07) is 13.0. The van der Waals surface area contributed by atoms with Crippen LogP contribution in [0, 0.1) is 5.82 Å². The van der Waals surface area contributed by atoms with Gasteiger partial charge in [-0.15, -0.1) is 0 Å². The van der Waals surface area contributed by atoms with Crippen LogP contribution in [0.15, 0.2) is 48.5 Å². The third-order valence-electron chi connectivity index (χ3n) is 2.57. The molecule has 0 aliphatic heterocycles. The molecule has 0 spiro atoms. The Morgan fingerprint density at radius 2 is 1.95 bits per heavy atom. The minimum Gasteiger partial charge on any atom is -0.369 e. The molecule has 0 aliphatic carbocycles. The standard InChI is InChI=1S/C15H12ClFO2/c16-12-5-3-4-11(8-12)9-19-10-15(18)13-6-1-2-7-14(13)17/h1-8H,9-10H2. The van der Waals surface area contributed by atoms with Gasteiger partial charge in [0.2, 0.25) is 0 Å². The number of hydrogen-bond acceptors (Lipinski definition) is 2. The topological polar surface area (TPSA) is 26.3 Å². The van der Waals surface area contributed by atoms with Crippen LogP contribution in [0.4, 0.5) is 4.39 Å². The molecule has 0 radical (unpaired) electrons. The maximum Gasteiger partial charge on any atom is 0.191 e. The highest BCUT2D eigenvalue weighted by atomic mass is 35.5. The maximum absolute atomic E-state index is 13.3. The fourth-order valence-electron chi connectivity index (χ4n) is 1.65. The van der Waals surface area contributed by atoms with Crippen molar-refractivity contribution in [2.24, 2.45) is 0 Å². The summed E-state index contributed by atoms with van der Waals surface area (Å²) in [6.07, 6.45) is 0. The molecule has 2 aromatic rings. The first-order valence-electron chi connectivity index (χ1n) is 5.77. The number of carbonyl (C=O) groups is 1. The molecule has 4 heteroatoms. The Morgan fingerprint density at radius 3 is 2.68 bits per heavy atom. The molecule has 0 saturated carbocycles. The molecular formula is C15H12ClFO2. The van der Waals surface area contributed by atoms with Gasteiger partial charge in [0.1, 0.15) is 12.4 Å². The van der Waals surface area contributed by atoms with Crippen molar-refractivity contribution in [1.82, 2.24) is 0 Å². The zero-order valence-electron chi connectivity index (χ0n) is 10.1. The van der Waals surface area contributed by atoms with Crippen LogP contribution in [0.2, 0.25) is 5.02 Å². The molecule has 0 fully saturated rings. The average molecular weight is 279 g/mol. The van der Waals surface area contributed by atoms with Crippen LogP contribution < -0.4 is 0 Å². The van der Waals surface area contributed by atoms with Crippen molar-refractivity contribution in [3.8, 4) is 0 Å². The summed E-state index contributed by atoms with van der Waals surface area (Å²) in [6.45, 7) is 0.105. The van der Waals surface area contributed by atoms with Crippen LogP contribution >= 0.6 is 11.6 Å². The van der Waals surface area contributed by atoms with E-state index in [1.807, 2.05) is 6.07 Å². The summed E-state index contributed by atoms with van der Waals surface area (Å²) in [7, 11) is 0. The molecule has 98 valence electrons. The van der Waals surface area contributed by atoms with Gasteiger partial charge in [-0.25, -0.2) is 4.39 Å². The number of Topliss-reactive ketones (excluding diaryl/α,β-unsaturated/α-hetero) is 1. The van der Waals surface area contributed by atoms with Crippen molar-refractivity contribution in [2.45, 2.75) is 6.61 Å². The Hall–Kier alpha value is -1.71. The monoisotopic (exact) mass is 278 g/mol. The number of ketones is 1. The lowest BCUT2D eigenvalue weighted by Crippen LogP contribution is -2.10. The van der Waals surface area contributed by atoms with Crippen molar-refractivity contribution >= 4 is 17.4 Å². The van der Waals surface area contributed by atoms with E-state index in [1.54, 1.807) is 30.3 Å². The smallest absolute Gasteiger partial charge is 0.191 e. The van der Waals surface area contributed by atoms with E-state index in [0.29, 0.717) is 5.02 Å². The first-order valence-corrected chi connectivity index (χ1v) is 6.14. The van der Waals surface area contributed by atoms with E-state index >= 15 is 0 Å². The molecule has 2 rings (SSSR count). The molecule has 0 heterocycles. The van der Waals surface area contributed by atoms with Crippen LogP contribution in [0.1, 0.15) is 15.9 Å². The largest absolute Gasteiger partial charge is 0.369 e. The lowest BCUT2D eigenvalue weighted by molar-refractivity contribution is 0.0722. The highest BCUT2D eigenvalue weighted by molar-refractivity contribution is 6.30. The molecule has 0 bridgehead atoms. The predicted octanol–water partition coefficient (Wildman–Crippen LogP) is 3.88. The van der Waals surface area contributed by atoms with Gasteiger partial charge in [-0.2, -0.15) is 0 Å². The maximum atomic E-state index is 13.3. The molecule has 19 heavy (non-hydrogen) atoms. The third-order valence-corrected chi connectivity index (χ3v) is 2.80. The first kappa shape index (κ1) is 13.7. The van der Waals surface area contributed by atoms with Gasteiger partial charge in [0, 0.05) is 5.02 Å². The van der Waals surface area contributed by atoms with E-state index in [2.05, 4.69) is 0 Å². The molecule has 0 aromatic heterocycles. The van der Waals surface area contributed by atoms with Gasteiger partial charge < -0.3 is 4.74 Å². The van der Waals surface area contributed by atoms with Gasteiger partial charge in [-0.3, -0.25) is 4.79 Å². The SMILES string of the molecule is O=C(COCc1cccc(Cl)c1)c1ccccc1F. The average Bonchev–Trinajstić information content (AvgIpc) is 2.39. The van der Waals surface area contributed by atoms with Gasteiger partial charge in [-0.1, -0.05) is 35.9 Å². The fraction of sp³-hybridized carbons (Fsp3) is 0.133. The molecule has 0 amide bonds. The summed E-state index contributed by atoms with van der Waals surface area (Å²) in [5.74, 6) is -0.904. The van der Waals surface area contributed by atoms with Crippen molar-refractivity contribution < 1.29 is 13.9 Å². The lowest BCUT2D eigenvalue weighted by atomic mass is 10.1. The molecule has 0 N–H and O–H groups in total. The third kappa shape index (κ3) is 3.88. The van der Waals surface area contributed by atoms with E-state index in [4.69, 9.17) is 16.3 Å². The van der Waals surface area contributed by atoms with Crippen LogP contribution in [-0.2, 0) is 11.3 Å². The van der Waals surface area contributed by atoms with E-state index in [-0.39, 0.29) is 24.6 Å². The highest BCUT2D eigenvalue weighted by Crippen LogP contribution is 2.12. The molecule has 2 nitrogen and oxygen atoms in total. The highest BCUT2D eigenvalue weighted by Gasteiger charge is 2.10. The van der Waals surface area contributed by atoms with Crippen LogP contribution in [0.5, 0.6) is 0 Å². The van der Waals surface area contributed by atoms with Gasteiger partial charge in [0.15, 0.2) is 5.78 Å². The Labute approximate surface area is 115 Å². The second-order valence-electron chi connectivity index (χ2n) is 4.03. The van der Waals surface area contributed by atoms with Crippen LogP contribution in [-0.4, -0.2) is 12.4 Å². The number of carbonyl (C=O) groups excluding carboxylic acids is 1. The van der Waals surface area contributed by atoms with Crippen molar-refractivity contribution in [3.05, 3.63) is 70.5 Å². The van der Waals surface area contributed by atoms with Crippen molar-refractivity contribution in [2.75, 3.05) is 6.61 Å². The minimum atomic E-state index is -0.529. The van der Waals surface area contributed by atoms with Crippen molar-refractivity contribution in [3.63, 3.8) is 0 Å². The lowest BCUT2D eigenvalue weighted by Gasteiger charge is -2.05. The molecule has 0 unspecified atom stereocenters. The fourth-order valence-corrected chi connectivity index (χ4v) is 1.87. The first-order chi connectivity index (χ1) is 9.16. The van der Waals surface area contributed by atoms with E-state index in [0.717, 1.165) is 5.56 Å². The molecule has 2 aromatic carbocycles. The van der Waals surface area contributed by atoms with E-state index < -0.39 is 5.82 Å². The van der Waals surface area contributed by atoms with E-state index in [1.165, 1.54) is 12.1 Å². The normalized spacial score (nSPS) is 10.4. The summed E-state index contributed by atoms with van der Waals surface area (Å²) in [4.78, 5) is 11.7. The summed E-state index contributed by atoms with van der Waals surface area (Å²) >= 11 is 5.83. The Bertz CT molecular complexity index is 584. The molecule has 0 saturated heterocycles. The summed E-state index contributed by atoms with van der Waals surface area (Å²) in [5, 5.41) is 0.613. The second kappa shape index (κ2) is 6.45. The van der Waals surface area contributed by atoms with Gasteiger partial charge in [0.05, 0.1) is 12.2 Å². The Morgan fingerprint density at radius 1 is 1.16 bits per heavy atom. The van der Waals surface area contributed by atoms with Gasteiger partial charge in [-0.05, 0) is 29.8 Å². The predicted molar refractivity (Wildman–Crippen MR) is 71.8 cm³/mol. The molecule has 0 atom stereocenters. The second-order valence-corrected chi connectivity index (χ2v) is 4.46. The number of ether oxygens (including phenoxy) is 1. The quantitative estimate of drug-likeness (QED) is 0.776. The number of rotatable bonds is 5. The van der Waals surface area contributed by atoms with Gasteiger partial charge >= 0.3 is 0 Å². The van der Waals surface area contributed by atoms with E-state index in [9.17, 15) is 9.18 Å². The van der Waals surface area contributed by atoms with Crippen LogP contribution in [0.25, 0.3) is 0 Å². The zero-order valence-corrected chi connectivity index (χ0v) is 10.9. The minimum absolute atomic E-state index is 0.0496. The van der Waals surface area contributed by atoms with Crippen molar-refractivity contribution in [1.29, 1.82) is 0 Å². The zero-order chi connectivity index (χ0) is 13.7. The number of halogens is 2. The van der Waals surface area contributed by atoms with Gasteiger partial charge in [0.25, 0.3) is 0 Å². The Kier molecular flexibility index (Phi) is 4.66. The summed E-state index contributed by atoms with van der Waals surface area (Å²) < 4.78 is 18.6.